The number of nitrogens with zero attached hydrogens (tertiary/aromatic N) is 3. The highest BCUT2D eigenvalue weighted by Gasteiger charge is 2.39. The fourth-order valence-electron chi connectivity index (χ4n) is 2.73. The van der Waals surface area contributed by atoms with Crippen molar-refractivity contribution in [1.29, 1.82) is 0 Å². The molecule has 1 aliphatic heterocycles. The van der Waals surface area contributed by atoms with Gasteiger partial charge in [-0.25, -0.2) is 9.42 Å². The molecule has 6 nitrogen and oxygen atoms in total. The maximum Gasteiger partial charge on any atom is 0.318 e. The molecule has 0 spiro atoms. The molecule has 1 N–H and O–H groups in total. The minimum Gasteiger partial charge on any atom is -0.332 e. The molecule has 0 saturated carbocycles. The first-order valence-corrected chi connectivity index (χ1v) is 7.04. The van der Waals surface area contributed by atoms with E-state index in [0.29, 0.717) is 23.9 Å². The summed E-state index contributed by atoms with van der Waals surface area (Å²) in [5.74, 6) is 0.466. The number of carbonyl (C=O) groups excluding carboxylic acids is 1. The maximum atomic E-state index is 12.3. The van der Waals surface area contributed by atoms with Gasteiger partial charge in [-0.05, 0) is 18.4 Å². The maximum absolute atomic E-state index is 12.3. The molecule has 1 aliphatic rings. The summed E-state index contributed by atoms with van der Waals surface area (Å²) in [6.07, 6.45) is 0. The van der Waals surface area contributed by atoms with Gasteiger partial charge in [-0.2, -0.15) is 0 Å². The lowest BCUT2D eigenvalue weighted by molar-refractivity contribution is 0.0590. The first-order chi connectivity index (χ1) is 10.2. The number of aryl methyl sites for hydroxylation is 1. The molecule has 0 aliphatic carbocycles. The summed E-state index contributed by atoms with van der Waals surface area (Å²) in [5, 5.41) is 10.3. The van der Waals surface area contributed by atoms with Gasteiger partial charge in [0.2, 0.25) is 0 Å². The van der Waals surface area contributed by atoms with Crippen molar-refractivity contribution in [1.82, 2.24) is 20.5 Å². The van der Waals surface area contributed by atoms with Gasteiger partial charge >= 0.3 is 6.03 Å². The first-order valence-electron chi connectivity index (χ1n) is 7.04. The Morgan fingerprint density at radius 1 is 1.38 bits per heavy atom. The number of carbonyl (C=O) groups is 1. The molecule has 0 radical (unpaired) electrons. The summed E-state index contributed by atoms with van der Waals surface area (Å²) in [6, 6.07) is 10.2. The SMILES string of the molecule is Cc1nonc1CNC(=O)N1CC(C)C1c1ccccc1. The van der Waals surface area contributed by atoms with E-state index in [-0.39, 0.29) is 12.1 Å². The predicted molar refractivity (Wildman–Crippen MR) is 76.3 cm³/mol. The second-order valence-electron chi connectivity index (χ2n) is 5.44. The first kappa shape index (κ1) is 13.6. The standard InChI is InChI=1S/C15H18N4O2/c1-10-9-19(14(10)12-6-4-3-5-7-12)15(20)16-8-13-11(2)17-21-18-13/h3-7,10,14H,8-9H2,1-2H3,(H,16,20). The third kappa shape index (κ3) is 2.61. The van der Waals surface area contributed by atoms with Crippen LogP contribution in [0.4, 0.5) is 4.79 Å². The highest BCUT2D eigenvalue weighted by molar-refractivity contribution is 5.75. The van der Waals surface area contributed by atoms with E-state index >= 15 is 0 Å². The lowest BCUT2D eigenvalue weighted by atomic mass is 9.85. The summed E-state index contributed by atoms with van der Waals surface area (Å²) in [4.78, 5) is 14.1. The van der Waals surface area contributed by atoms with E-state index in [1.54, 1.807) is 6.92 Å². The Morgan fingerprint density at radius 2 is 2.14 bits per heavy atom. The van der Waals surface area contributed by atoms with Gasteiger partial charge in [0.1, 0.15) is 11.4 Å². The van der Waals surface area contributed by atoms with E-state index in [1.807, 2.05) is 23.1 Å². The molecule has 3 rings (SSSR count). The average molecular weight is 286 g/mol. The van der Waals surface area contributed by atoms with Gasteiger partial charge in [0.05, 0.1) is 12.6 Å². The number of hydrogen-bond donors (Lipinski definition) is 1. The Bertz CT molecular complexity index is 626. The summed E-state index contributed by atoms with van der Waals surface area (Å²) < 4.78 is 4.62. The molecule has 21 heavy (non-hydrogen) atoms. The normalized spacial score (nSPS) is 21.0. The van der Waals surface area contributed by atoms with Crippen molar-refractivity contribution < 1.29 is 9.42 Å². The van der Waals surface area contributed by atoms with Crippen LogP contribution in [0.5, 0.6) is 0 Å². The van der Waals surface area contributed by atoms with Crippen LogP contribution in [0.2, 0.25) is 0 Å². The van der Waals surface area contributed by atoms with Crippen LogP contribution in [0.15, 0.2) is 35.0 Å². The number of amides is 2. The average Bonchev–Trinajstić information content (AvgIpc) is 2.88. The number of aromatic nitrogens is 2. The minimum atomic E-state index is -0.0793. The fourth-order valence-corrected chi connectivity index (χ4v) is 2.73. The molecule has 1 aromatic carbocycles. The Kier molecular flexibility index (Phi) is 3.60. The van der Waals surface area contributed by atoms with Crippen LogP contribution in [0.25, 0.3) is 0 Å². The second-order valence-corrected chi connectivity index (χ2v) is 5.44. The Balaban J connectivity index is 1.64. The second kappa shape index (κ2) is 5.55. The molecule has 110 valence electrons. The highest BCUT2D eigenvalue weighted by Crippen LogP contribution is 2.38. The van der Waals surface area contributed by atoms with E-state index < -0.39 is 0 Å². The molecule has 6 heteroatoms. The number of hydrogen-bond acceptors (Lipinski definition) is 4. The molecule has 2 amide bonds. The van der Waals surface area contributed by atoms with E-state index in [0.717, 1.165) is 6.54 Å². The van der Waals surface area contributed by atoms with Crippen molar-refractivity contribution in [2.24, 2.45) is 5.92 Å². The fraction of sp³-hybridized carbons (Fsp3) is 0.400. The molecule has 1 fully saturated rings. The van der Waals surface area contributed by atoms with Gasteiger partial charge in [0, 0.05) is 6.54 Å². The number of likely N-dealkylation sites (tertiary alicyclic amines) is 1. The van der Waals surface area contributed by atoms with Crippen LogP contribution in [-0.4, -0.2) is 27.8 Å². The van der Waals surface area contributed by atoms with Crippen LogP contribution >= 0.6 is 0 Å². The molecule has 2 aromatic rings. The zero-order valence-electron chi connectivity index (χ0n) is 12.1. The molecular weight excluding hydrogens is 268 g/mol. The molecule has 1 saturated heterocycles. The van der Waals surface area contributed by atoms with Crippen LogP contribution in [0, 0.1) is 12.8 Å². The van der Waals surface area contributed by atoms with Crippen LogP contribution in [0.3, 0.4) is 0 Å². The lowest BCUT2D eigenvalue weighted by Gasteiger charge is -2.46. The van der Waals surface area contributed by atoms with Gasteiger partial charge < -0.3 is 10.2 Å². The van der Waals surface area contributed by atoms with Gasteiger partial charge in [0.25, 0.3) is 0 Å². The Labute approximate surface area is 123 Å². The third-order valence-electron chi connectivity index (χ3n) is 3.91. The number of nitrogens with one attached hydrogen (secondary N) is 1. The van der Waals surface area contributed by atoms with Crippen LogP contribution < -0.4 is 5.32 Å². The van der Waals surface area contributed by atoms with E-state index in [4.69, 9.17) is 0 Å². The van der Waals surface area contributed by atoms with Crippen LogP contribution in [0.1, 0.15) is 29.9 Å². The minimum absolute atomic E-state index is 0.0793. The summed E-state index contributed by atoms with van der Waals surface area (Å²) >= 11 is 0. The molecule has 1 aromatic heterocycles. The molecule has 2 heterocycles. The molecule has 2 unspecified atom stereocenters. The third-order valence-corrected chi connectivity index (χ3v) is 3.91. The van der Waals surface area contributed by atoms with Crippen molar-refractivity contribution in [2.75, 3.05) is 6.54 Å². The van der Waals surface area contributed by atoms with Crippen LogP contribution in [-0.2, 0) is 6.54 Å². The Morgan fingerprint density at radius 3 is 2.76 bits per heavy atom. The van der Waals surface area contributed by atoms with E-state index in [1.165, 1.54) is 5.56 Å². The van der Waals surface area contributed by atoms with Gasteiger partial charge in [-0.15, -0.1) is 0 Å². The zero-order valence-corrected chi connectivity index (χ0v) is 12.1. The zero-order chi connectivity index (χ0) is 14.8. The summed E-state index contributed by atoms with van der Waals surface area (Å²) in [6.45, 7) is 5.06. The number of rotatable bonds is 3. The lowest BCUT2D eigenvalue weighted by Crippen LogP contribution is -2.54. The largest absolute Gasteiger partial charge is 0.332 e. The molecule has 0 bridgehead atoms. The Hall–Kier alpha value is -2.37. The quantitative estimate of drug-likeness (QED) is 0.939. The van der Waals surface area contributed by atoms with Crippen molar-refractivity contribution >= 4 is 6.03 Å². The van der Waals surface area contributed by atoms with Crippen molar-refractivity contribution in [2.45, 2.75) is 26.4 Å². The van der Waals surface area contributed by atoms with Gasteiger partial charge in [-0.1, -0.05) is 47.6 Å². The number of urea groups is 1. The monoisotopic (exact) mass is 286 g/mol. The van der Waals surface area contributed by atoms with Crippen molar-refractivity contribution in [3.8, 4) is 0 Å². The highest BCUT2D eigenvalue weighted by atomic mass is 16.6. The van der Waals surface area contributed by atoms with E-state index in [9.17, 15) is 4.79 Å². The predicted octanol–water partition coefficient (Wildman–Crippen LogP) is 2.28. The molecular formula is C15H18N4O2. The topological polar surface area (TPSA) is 71.3 Å². The number of benzene rings is 1. The summed E-state index contributed by atoms with van der Waals surface area (Å²) in [5.41, 5.74) is 2.53. The smallest absolute Gasteiger partial charge is 0.318 e. The van der Waals surface area contributed by atoms with Crippen molar-refractivity contribution in [3.63, 3.8) is 0 Å². The van der Waals surface area contributed by atoms with Gasteiger partial charge in [-0.3, -0.25) is 0 Å². The van der Waals surface area contributed by atoms with Gasteiger partial charge in [0.15, 0.2) is 0 Å². The molecule has 2 atom stereocenters. The van der Waals surface area contributed by atoms with E-state index in [2.05, 4.69) is 39.3 Å². The summed E-state index contributed by atoms with van der Waals surface area (Å²) in [7, 11) is 0. The van der Waals surface area contributed by atoms with Crippen molar-refractivity contribution in [3.05, 3.63) is 47.3 Å².